The lowest BCUT2D eigenvalue weighted by Crippen LogP contribution is -2.65. The van der Waals surface area contributed by atoms with E-state index in [0.717, 1.165) is 11.3 Å². The fraction of sp³-hybridized carbons (Fsp3) is 0.600. The van der Waals surface area contributed by atoms with Gasteiger partial charge in [0.2, 0.25) is 5.91 Å². The Kier molecular flexibility index (Phi) is 6.81. The Morgan fingerprint density at radius 2 is 1.89 bits per heavy atom. The van der Waals surface area contributed by atoms with Gasteiger partial charge >= 0.3 is 5.97 Å². The lowest BCUT2D eigenvalue weighted by molar-refractivity contribution is -0.162. The molecule has 1 aliphatic heterocycles. The molecule has 1 amide bonds. The number of amides is 1. The van der Waals surface area contributed by atoms with Crippen LogP contribution in [0.5, 0.6) is 0 Å². The van der Waals surface area contributed by atoms with E-state index < -0.39 is 14.3 Å². The molecule has 1 aromatic rings. The first-order valence-corrected chi connectivity index (χ1v) is 13.2. The highest BCUT2D eigenvalue weighted by atomic mass is 32.2. The average molecular weight is 410 g/mol. The second-order valence-corrected chi connectivity index (χ2v) is 14.5. The molecule has 1 saturated heterocycles. The summed E-state index contributed by atoms with van der Waals surface area (Å²) in [4.78, 5) is 26.5. The number of carboxylic acid groups (broad SMARTS) is 1. The molecule has 0 bridgehead atoms. The molecule has 1 fully saturated rings. The van der Waals surface area contributed by atoms with E-state index in [2.05, 4.69) is 33.9 Å². The molecule has 1 aromatic carbocycles. The van der Waals surface area contributed by atoms with Gasteiger partial charge in [-0.2, -0.15) is 0 Å². The smallest absolute Gasteiger partial charge is 0.323 e. The SMILES string of the molecule is CCC(O[Si](C)(C)C(C)(C)C)C1C(=O)N(CC(=O)O)C1Sc1ccccc1. The van der Waals surface area contributed by atoms with Gasteiger partial charge in [-0.1, -0.05) is 45.9 Å². The molecule has 1 heterocycles. The van der Waals surface area contributed by atoms with Crippen molar-refractivity contribution in [2.75, 3.05) is 6.54 Å². The summed E-state index contributed by atoms with van der Waals surface area (Å²) >= 11 is 1.55. The number of nitrogens with zero attached hydrogens (tertiary/aromatic N) is 1. The first kappa shape index (κ1) is 22.0. The number of likely N-dealkylation sites (tertiary alicyclic amines) is 1. The molecule has 27 heavy (non-hydrogen) atoms. The highest BCUT2D eigenvalue weighted by Gasteiger charge is 2.54. The van der Waals surface area contributed by atoms with Crippen molar-refractivity contribution in [1.82, 2.24) is 4.90 Å². The molecule has 2 rings (SSSR count). The van der Waals surface area contributed by atoms with E-state index in [1.54, 1.807) is 11.8 Å². The minimum atomic E-state index is -2.04. The van der Waals surface area contributed by atoms with E-state index in [0.29, 0.717) is 0 Å². The topological polar surface area (TPSA) is 66.8 Å². The van der Waals surface area contributed by atoms with Crippen molar-refractivity contribution in [3.05, 3.63) is 30.3 Å². The normalized spacial score (nSPS) is 21.7. The van der Waals surface area contributed by atoms with Crippen LogP contribution in [-0.2, 0) is 14.0 Å². The number of benzene rings is 1. The maximum absolute atomic E-state index is 12.8. The molecular formula is C20H31NO4SSi. The Balaban J connectivity index is 2.25. The number of carboxylic acids is 1. The van der Waals surface area contributed by atoms with E-state index in [1.165, 1.54) is 4.90 Å². The van der Waals surface area contributed by atoms with Crippen molar-refractivity contribution in [2.45, 2.75) is 68.6 Å². The van der Waals surface area contributed by atoms with Gasteiger partial charge in [0.05, 0.1) is 17.4 Å². The maximum atomic E-state index is 12.8. The minimum Gasteiger partial charge on any atom is -0.480 e. The number of hydrogen-bond donors (Lipinski definition) is 1. The fourth-order valence-corrected chi connectivity index (χ4v) is 5.71. The number of β-lactam (4-membered cyclic amide) rings is 1. The van der Waals surface area contributed by atoms with Crippen LogP contribution in [0.2, 0.25) is 18.1 Å². The van der Waals surface area contributed by atoms with Crippen LogP contribution in [0.4, 0.5) is 0 Å². The van der Waals surface area contributed by atoms with E-state index in [4.69, 9.17) is 4.43 Å². The third-order valence-electron chi connectivity index (χ3n) is 5.54. The van der Waals surface area contributed by atoms with Gasteiger partial charge in [0, 0.05) is 4.90 Å². The van der Waals surface area contributed by atoms with E-state index in [1.807, 2.05) is 37.3 Å². The van der Waals surface area contributed by atoms with Gasteiger partial charge in [-0.15, -0.1) is 11.8 Å². The summed E-state index contributed by atoms with van der Waals surface area (Å²) in [5, 5.41) is 9.03. The summed E-state index contributed by atoms with van der Waals surface area (Å²) in [6.45, 7) is 12.7. The second kappa shape index (κ2) is 8.37. The second-order valence-electron chi connectivity index (χ2n) is 8.53. The van der Waals surface area contributed by atoms with Crippen LogP contribution in [0.1, 0.15) is 34.1 Å². The number of carbonyl (C=O) groups excluding carboxylic acids is 1. The first-order valence-electron chi connectivity index (χ1n) is 9.39. The van der Waals surface area contributed by atoms with E-state index in [-0.39, 0.29) is 34.9 Å². The van der Waals surface area contributed by atoms with Crippen LogP contribution in [0.3, 0.4) is 0 Å². The van der Waals surface area contributed by atoms with Crippen molar-refractivity contribution >= 4 is 32.0 Å². The lowest BCUT2D eigenvalue weighted by atomic mass is 9.90. The molecule has 1 aliphatic rings. The van der Waals surface area contributed by atoms with Gasteiger partial charge in [-0.25, -0.2) is 0 Å². The zero-order chi connectivity index (χ0) is 20.4. The molecular weight excluding hydrogens is 378 g/mol. The molecule has 0 spiro atoms. The molecule has 150 valence electrons. The molecule has 7 heteroatoms. The Bertz CT molecular complexity index is 674. The van der Waals surface area contributed by atoms with Crippen LogP contribution in [-0.4, -0.2) is 48.2 Å². The molecule has 0 aliphatic carbocycles. The highest BCUT2D eigenvalue weighted by molar-refractivity contribution is 8.00. The third-order valence-corrected chi connectivity index (χ3v) is 11.4. The standard InChI is InChI=1S/C20H31NO4SSi/c1-7-15(25-27(5,6)20(2,3)4)17-18(24)21(13-16(22)23)19(17)26-14-11-9-8-10-12-14/h8-12,15,17,19H,7,13H2,1-6H3,(H,22,23). The monoisotopic (exact) mass is 409 g/mol. The molecule has 5 nitrogen and oxygen atoms in total. The highest BCUT2D eigenvalue weighted by Crippen LogP contribution is 2.45. The number of carbonyl (C=O) groups is 2. The summed E-state index contributed by atoms with van der Waals surface area (Å²) in [6.07, 6.45) is 0.542. The Morgan fingerprint density at radius 3 is 2.37 bits per heavy atom. The third kappa shape index (κ3) is 4.95. The van der Waals surface area contributed by atoms with Gasteiger partial charge in [-0.05, 0) is 36.7 Å². The zero-order valence-corrected chi connectivity index (χ0v) is 18.9. The van der Waals surface area contributed by atoms with Crippen molar-refractivity contribution in [3.63, 3.8) is 0 Å². The van der Waals surface area contributed by atoms with Crippen LogP contribution >= 0.6 is 11.8 Å². The van der Waals surface area contributed by atoms with Gasteiger partial charge in [0.1, 0.15) is 6.54 Å². The number of aliphatic carboxylic acids is 1. The maximum Gasteiger partial charge on any atom is 0.323 e. The minimum absolute atomic E-state index is 0.0516. The molecule has 0 saturated carbocycles. The van der Waals surface area contributed by atoms with Crippen LogP contribution in [0.15, 0.2) is 35.2 Å². The van der Waals surface area contributed by atoms with Gasteiger partial charge < -0.3 is 14.4 Å². The number of hydrogen-bond acceptors (Lipinski definition) is 4. The summed E-state index contributed by atoms with van der Waals surface area (Å²) < 4.78 is 6.58. The van der Waals surface area contributed by atoms with E-state index >= 15 is 0 Å². The Labute approximate surface area is 167 Å². The van der Waals surface area contributed by atoms with Gasteiger partial charge in [0.25, 0.3) is 0 Å². The lowest BCUT2D eigenvalue weighted by Gasteiger charge is -2.51. The molecule has 3 atom stereocenters. The van der Waals surface area contributed by atoms with Crippen LogP contribution in [0.25, 0.3) is 0 Å². The van der Waals surface area contributed by atoms with Crippen LogP contribution in [0, 0.1) is 5.92 Å². The first-order chi connectivity index (χ1) is 12.5. The number of rotatable bonds is 8. The summed E-state index contributed by atoms with van der Waals surface area (Å²) in [5.41, 5.74) is 0. The summed E-state index contributed by atoms with van der Waals surface area (Å²) in [5.74, 6) is -1.41. The zero-order valence-electron chi connectivity index (χ0n) is 17.1. The Hall–Kier alpha value is -1.31. The summed E-state index contributed by atoms with van der Waals surface area (Å²) in [6, 6.07) is 9.81. The average Bonchev–Trinajstić information content (AvgIpc) is 2.58. The predicted molar refractivity (Wildman–Crippen MR) is 111 cm³/mol. The predicted octanol–water partition coefficient (Wildman–Crippen LogP) is 4.45. The van der Waals surface area contributed by atoms with Crippen molar-refractivity contribution < 1.29 is 19.1 Å². The number of thioether (sulfide) groups is 1. The molecule has 3 unspecified atom stereocenters. The van der Waals surface area contributed by atoms with Crippen molar-refractivity contribution in [1.29, 1.82) is 0 Å². The van der Waals surface area contributed by atoms with Crippen molar-refractivity contribution in [3.8, 4) is 0 Å². The quantitative estimate of drug-likeness (QED) is 0.507. The molecule has 0 aromatic heterocycles. The van der Waals surface area contributed by atoms with Gasteiger partial charge in [0.15, 0.2) is 8.32 Å². The molecule has 1 N–H and O–H groups in total. The van der Waals surface area contributed by atoms with Gasteiger partial charge in [-0.3, -0.25) is 9.59 Å². The largest absolute Gasteiger partial charge is 0.480 e. The van der Waals surface area contributed by atoms with E-state index in [9.17, 15) is 14.7 Å². The van der Waals surface area contributed by atoms with Crippen molar-refractivity contribution in [2.24, 2.45) is 5.92 Å². The van der Waals surface area contributed by atoms with Crippen LogP contribution < -0.4 is 0 Å². The fourth-order valence-electron chi connectivity index (χ4n) is 2.95. The summed E-state index contributed by atoms with van der Waals surface area (Å²) in [7, 11) is -2.04. The Morgan fingerprint density at radius 1 is 1.30 bits per heavy atom. The molecule has 0 radical (unpaired) electrons.